The molecule has 18 heavy (non-hydrogen) atoms. The van der Waals surface area contributed by atoms with Gasteiger partial charge in [-0.15, -0.1) is 0 Å². The molecule has 2 N–H and O–H groups in total. The van der Waals surface area contributed by atoms with Crippen LogP contribution in [0.1, 0.15) is 16.8 Å². The summed E-state index contributed by atoms with van der Waals surface area (Å²) in [5.74, 6) is -0.665. The number of hydrogen-bond donors (Lipinski definition) is 1. The molecule has 1 unspecified atom stereocenters. The van der Waals surface area contributed by atoms with E-state index in [-0.39, 0.29) is 23.9 Å². The van der Waals surface area contributed by atoms with Crippen LogP contribution in [0.3, 0.4) is 0 Å². The van der Waals surface area contributed by atoms with Gasteiger partial charge in [0.25, 0.3) is 0 Å². The van der Waals surface area contributed by atoms with Gasteiger partial charge in [0.15, 0.2) is 0 Å². The lowest BCUT2D eigenvalue weighted by atomic mass is 10.1. The van der Waals surface area contributed by atoms with Crippen molar-refractivity contribution < 1.29 is 14.3 Å². The first-order chi connectivity index (χ1) is 8.54. The molecule has 1 amide bonds. The van der Waals surface area contributed by atoms with Gasteiger partial charge in [0, 0.05) is 19.0 Å². The zero-order valence-electron chi connectivity index (χ0n) is 9.85. The first kappa shape index (κ1) is 12.9. The third-order valence-electron chi connectivity index (χ3n) is 2.82. The highest BCUT2D eigenvalue weighted by molar-refractivity contribution is 6.34. The van der Waals surface area contributed by atoms with E-state index in [1.54, 1.807) is 18.2 Å². The van der Waals surface area contributed by atoms with Crippen LogP contribution in [-0.4, -0.2) is 31.6 Å². The van der Waals surface area contributed by atoms with Crippen molar-refractivity contribution in [2.75, 3.05) is 18.6 Å². The van der Waals surface area contributed by atoms with Crippen LogP contribution < -0.4 is 10.6 Å². The number of anilines is 1. The second-order valence-corrected chi connectivity index (χ2v) is 4.50. The molecule has 1 aliphatic heterocycles. The maximum Gasteiger partial charge on any atom is 0.340 e. The zero-order valence-corrected chi connectivity index (χ0v) is 10.6. The number of halogens is 1. The maximum absolute atomic E-state index is 11.8. The largest absolute Gasteiger partial charge is 0.465 e. The number of ether oxygens (including phenoxy) is 1. The number of hydrogen-bond acceptors (Lipinski definition) is 4. The number of rotatable bonds is 2. The summed E-state index contributed by atoms with van der Waals surface area (Å²) in [6.45, 7) is 0.354. The summed E-state index contributed by atoms with van der Waals surface area (Å²) in [7, 11) is 1.28. The molecule has 1 fully saturated rings. The molecule has 2 rings (SSSR count). The molecule has 0 aromatic heterocycles. The second kappa shape index (κ2) is 4.96. The molecule has 96 valence electrons. The van der Waals surface area contributed by atoms with Gasteiger partial charge in [-0.25, -0.2) is 4.79 Å². The van der Waals surface area contributed by atoms with E-state index >= 15 is 0 Å². The molecule has 1 aromatic rings. The maximum atomic E-state index is 11.8. The summed E-state index contributed by atoms with van der Waals surface area (Å²) in [6, 6.07) is 4.60. The Hall–Kier alpha value is -1.59. The third-order valence-corrected chi connectivity index (χ3v) is 3.12. The summed E-state index contributed by atoms with van der Waals surface area (Å²) >= 11 is 6.08. The number of nitrogens with two attached hydrogens (primary N) is 1. The van der Waals surface area contributed by atoms with Crippen molar-refractivity contribution in [3.05, 3.63) is 28.8 Å². The first-order valence-corrected chi connectivity index (χ1v) is 5.85. The Kier molecular flexibility index (Phi) is 3.54. The lowest BCUT2D eigenvalue weighted by Gasteiger charge is -2.20. The van der Waals surface area contributed by atoms with E-state index in [9.17, 15) is 9.59 Å². The Labute approximate surface area is 109 Å². The predicted octanol–water partition coefficient (Wildman–Crippen LogP) is 1.19. The summed E-state index contributed by atoms with van der Waals surface area (Å²) in [4.78, 5) is 25.0. The predicted molar refractivity (Wildman–Crippen MR) is 67.7 cm³/mol. The van der Waals surface area contributed by atoms with Crippen LogP contribution in [0.4, 0.5) is 5.69 Å². The fraction of sp³-hybridized carbons (Fsp3) is 0.333. The van der Waals surface area contributed by atoms with Gasteiger partial charge in [-0.1, -0.05) is 17.7 Å². The van der Waals surface area contributed by atoms with Crippen molar-refractivity contribution >= 4 is 29.2 Å². The highest BCUT2D eigenvalue weighted by atomic mass is 35.5. The van der Waals surface area contributed by atoms with Gasteiger partial charge in [-0.2, -0.15) is 0 Å². The van der Waals surface area contributed by atoms with E-state index in [0.29, 0.717) is 17.3 Å². The third kappa shape index (κ3) is 2.19. The number of nitrogens with zero attached hydrogens (tertiary/aromatic N) is 1. The summed E-state index contributed by atoms with van der Waals surface area (Å²) < 4.78 is 4.69. The number of amides is 1. The average Bonchev–Trinajstić information content (AvgIpc) is 2.67. The van der Waals surface area contributed by atoms with Crippen molar-refractivity contribution in [3.63, 3.8) is 0 Å². The second-order valence-electron chi connectivity index (χ2n) is 4.10. The van der Waals surface area contributed by atoms with Crippen molar-refractivity contribution in [1.82, 2.24) is 0 Å². The van der Waals surface area contributed by atoms with Gasteiger partial charge in [0.1, 0.15) is 0 Å². The Morgan fingerprint density at radius 3 is 2.83 bits per heavy atom. The number of benzene rings is 1. The molecule has 0 spiro atoms. The smallest absolute Gasteiger partial charge is 0.340 e. The molecule has 6 heteroatoms. The fourth-order valence-electron chi connectivity index (χ4n) is 2.02. The molecular formula is C12H13ClN2O3. The van der Waals surface area contributed by atoms with Crippen LogP contribution in [0, 0.1) is 0 Å². The molecular weight excluding hydrogens is 256 g/mol. The minimum Gasteiger partial charge on any atom is -0.465 e. The van der Waals surface area contributed by atoms with Crippen molar-refractivity contribution in [1.29, 1.82) is 0 Å². The van der Waals surface area contributed by atoms with Crippen LogP contribution in [0.2, 0.25) is 5.02 Å². The van der Waals surface area contributed by atoms with E-state index in [0.717, 1.165) is 0 Å². The summed E-state index contributed by atoms with van der Waals surface area (Å²) in [5.41, 5.74) is 6.39. The number of para-hydroxylation sites is 1. The summed E-state index contributed by atoms with van der Waals surface area (Å²) in [5, 5.41) is 0.334. The lowest BCUT2D eigenvalue weighted by molar-refractivity contribution is -0.117. The van der Waals surface area contributed by atoms with E-state index < -0.39 is 5.97 Å². The molecule has 0 aliphatic carbocycles. The fourth-order valence-corrected chi connectivity index (χ4v) is 2.29. The quantitative estimate of drug-likeness (QED) is 0.818. The van der Waals surface area contributed by atoms with Gasteiger partial charge in [0.05, 0.1) is 23.4 Å². The van der Waals surface area contributed by atoms with E-state index in [1.165, 1.54) is 12.0 Å². The minimum atomic E-state index is -0.527. The standard InChI is InChI=1S/C12H13ClN2O3/c1-18-12(17)8-3-2-4-9(13)11(8)15-6-7(14)5-10(15)16/h2-4,7H,5-6,14H2,1H3. The number of carbonyl (C=O) groups excluding carboxylic acids is 2. The van der Waals surface area contributed by atoms with Crippen molar-refractivity contribution in [2.24, 2.45) is 5.73 Å². The van der Waals surface area contributed by atoms with Crippen LogP contribution >= 0.6 is 11.6 Å². The molecule has 0 radical (unpaired) electrons. The number of carbonyl (C=O) groups is 2. The first-order valence-electron chi connectivity index (χ1n) is 5.47. The van der Waals surface area contributed by atoms with Gasteiger partial charge in [0.2, 0.25) is 5.91 Å². The Morgan fingerprint density at radius 1 is 1.56 bits per heavy atom. The van der Waals surface area contributed by atoms with Gasteiger partial charge >= 0.3 is 5.97 Å². The molecule has 1 saturated heterocycles. The highest BCUT2D eigenvalue weighted by Crippen LogP contribution is 2.33. The monoisotopic (exact) mass is 268 g/mol. The normalized spacial score (nSPS) is 19.2. The zero-order chi connectivity index (χ0) is 13.3. The Balaban J connectivity index is 2.49. The topological polar surface area (TPSA) is 72.6 Å². The molecule has 5 nitrogen and oxygen atoms in total. The van der Waals surface area contributed by atoms with Crippen LogP contribution in [-0.2, 0) is 9.53 Å². The molecule has 1 heterocycles. The van der Waals surface area contributed by atoms with Crippen LogP contribution in [0.5, 0.6) is 0 Å². The summed E-state index contributed by atoms with van der Waals surface area (Å²) in [6.07, 6.45) is 0.256. The van der Waals surface area contributed by atoms with Gasteiger partial charge in [-0.05, 0) is 12.1 Å². The van der Waals surface area contributed by atoms with E-state index in [4.69, 9.17) is 17.3 Å². The lowest BCUT2D eigenvalue weighted by Crippen LogP contribution is -2.29. The highest BCUT2D eigenvalue weighted by Gasteiger charge is 2.32. The SMILES string of the molecule is COC(=O)c1cccc(Cl)c1N1CC(N)CC1=O. The van der Waals surface area contributed by atoms with Gasteiger partial charge < -0.3 is 15.4 Å². The average molecular weight is 269 g/mol. The van der Waals surface area contributed by atoms with Crippen molar-refractivity contribution in [2.45, 2.75) is 12.5 Å². The molecule has 1 aliphatic rings. The van der Waals surface area contributed by atoms with Crippen LogP contribution in [0.15, 0.2) is 18.2 Å². The van der Waals surface area contributed by atoms with Crippen molar-refractivity contribution in [3.8, 4) is 0 Å². The molecule has 1 aromatic carbocycles. The number of esters is 1. The number of methoxy groups -OCH3 is 1. The van der Waals surface area contributed by atoms with Crippen LogP contribution in [0.25, 0.3) is 0 Å². The molecule has 1 atom stereocenters. The Morgan fingerprint density at radius 2 is 2.28 bits per heavy atom. The van der Waals surface area contributed by atoms with E-state index in [2.05, 4.69) is 4.74 Å². The Bertz CT molecular complexity index is 504. The minimum absolute atomic E-state index is 0.138. The van der Waals surface area contributed by atoms with E-state index in [1.807, 2.05) is 0 Å². The molecule has 0 saturated carbocycles. The molecule has 0 bridgehead atoms. The van der Waals surface area contributed by atoms with Gasteiger partial charge in [-0.3, -0.25) is 4.79 Å².